The second kappa shape index (κ2) is 7.54. The summed E-state index contributed by atoms with van der Waals surface area (Å²) in [5, 5.41) is 12.6. The number of aromatic nitrogens is 2. The van der Waals surface area contributed by atoms with Crippen LogP contribution in [-0.4, -0.2) is 16.1 Å². The molecule has 8 heteroatoms. The lowest BCUT2D eigenvalue weighted by Gasteiger charge is -2.10. The lowest BCUT2D eigenvalue weighted by Crippen LogP contribution is -2.17. The first-order valence-electron chi connectivity index (χ1n) is 5.67. The Kier molecular flexibility index (Phi) is 6.35. The van der Waals surface area contributed by atoms with E-state index in [4.69, 9.17) is 17.3 Å². The molecule has 1 aromatic heterocycles. The highest BCUT2D eigenvalue weighted by atomic mass is 35.5. The molecule has 1 heterocycles. The number of nitrogens with two attached hydrogens (primary N) is 1. The largest absolute Gasteiger partial charge is 0.363 e. The van der Waals surface area contributed by atoms with Crippen LogP contribution in [-0.2, 0) is 6.54 Å². The van der Waals surface area contributed by atoms with Gasteiger partial charge in [-0.3, -0.25) is 4.79 Å². The number of halogens is 2. The molecule has 0 aliphatic rings. The van der Waals surface area contributed by atoms with Crippen molar-refractivity contribution in [3.63, 3.8) is 0 Å². The summed E-state index contributed by atoms with van der Waals surface area (Å²) < 4.78 is 0. The number of nitrogens with one attached hydrogen (secondary N) is 1. The van der Waals surface area contributed by atoms with E-state index in [0.717, 1.165) is 10.6 Å². The van der Waals surface area contributed by atoms with Gasteiger partial charge in [-0.25, -0.2) is 0 Å². The fourth-order valence-corrected chi connectivity index (χ4v) is 2.45. The van der Waals surface area contributed by atoms with Crippen molar-refractivity contribution >= 4 is 41.3 Å². The molecule has 0 bridgehead atoms. The molecule has 1 aromatic carbocycles. The molecule has 2 rings (SSSR count). The molecule has 0 radical (unpaired) electrons. The zero-order valence-corrected chi connectivity index (χ0v) is 13.1. The van der Waals surface area contributed by atoms with Crippen molar-refractivity contribution in [3.8, 4) is 0 Å². The van der Waals surface area contributed by atoms with Gasteiger partial charge in [0.25, 0.3) is 5.91 Å². The first kappa shape index (κ1) is 16.8. The third-order valence-electron chi connectivity index (χ3n) is 2.52. The molecule has 0 saturated heterocycles. The number of benzene rings is 1. The number of rotatable bonds is 5. The SMILES string of the molecule is CC(NCc1cccc(Cl)c1)c1nnc(C(N)=O)s1.Cl. The number of carbonyl (C=O) groups is 1. The van der Waals surface area contributed by atoms with Crippen LogP contribution in [0.4, 0.5) is 0 Å². The van der Waals surface area contributed by atoms with Crippen molar-refractivity contribution in [2.75, 3.05) is 0 Å². The predicted molar refractivity (Wildman–Crippen MR) is 82.4 cm³/mol. The maximum atomic E-state index is 10.9. The van der Waals surface area contributed by atoms with Crippen LogP contribution in [0.1, 0.15) is 33.3 Å². The Morgan fingerprint density at radius 1 is 1.50 bits per heavy atom. The zero-order valence-electron chi connectivity index (χ0n) is 10.7. The van der Waals surface area contributed by atoms with E-state index < -0.39 is 5.91 Å². The van der Waals surface area contributed by atoms with Crippen molar-refractivity contribution in [3.05, 3.63) is 44.9 Å². The monoisotopic (exact) mass is 332 g/mol. The molecule has 108 valence electrons. The van der Waals surface area contributed by atoms with Gasteiger partial charge in [0, 0.05) is 11.6 Å². The topological polar surface area (TPSA) is 80.9 Å². The van der Waals surface area contributed by atoms with Crippen molar-refractivity contribution < 1.29 is 4.79 Å². The molecule has 1 amide bonds. The minimum atomic E-state index is -0.550. The van der Waals surface area contributed by atoms with E-state index in [-0.39, 0.29) is 23.5 Å². The molecular weight excluding hydrogens is 319 g/mol. The first-order valence-corrected chi connectivity index (χ1v) is 6.86. The van der Waals surface area contributed by atoms with Gasteiger partial charge in [0.2, 0.25) is 5.01 Å². The van der Waals surface area contributed by atoms with Gasteiger partial charge < -0.3 is 11.1 Å². The summed E-state index contributed by atoms with van der Waals surface area (Å²) >= 11 is 7.12. The lowest BCUT2D eigenvalue weighted by atomic mass is 10.2. The Balaban J connectivity index is 0.00000200. The van der Waals surface area contributed by atoms with E-state index in [1.807, 2.05) is 31.2 Å². The van der Waals surface area contributed by atoms with Crippen LogP contribution >= 0.6 is 35.3 Å². The van der Waals surface area contributed by atoms with Crippen LogP contribution in [0.2, 0.25) is 5.02 Å². The molecule has 20 heavy (non-hydrogen) atoms. The summed E-state index contributed by atoms with van der Waals surface area (Å²) in [7, 11) is 0. The second-order valence-corrected chi connectivity index (χ2v) is 5.49. The molecule has 0 fully saturated rings. The van der Waals surface area contributed by atoms with E-state index in [9.17, 15) is 4.79 Å². The van der Waals surface area contributed by atoms with Crippen molar-refractivity contribution in [2.24, 2.45) is 5.73 Å². The molecule has 1 atom stereocenters. The Morgan fingerprint density at radius 2 is 2.25 bits per heavy atom. The number of carbonyl (C=O) groups excluding carboxylic acids is 1. The van der Waals surface area contributed by atoms with E-state index >= 15 is 0 Å². The summed E-state index contributed by atoms with van der Waals surface area (Å²) in [6, 6.07) is 7.61. The number of hydrogen-bond acceptors (Lipinski definition) is 5. The fourth-order valence-electron chi connectivity index (χ4n) is 1.51. The minimum absolute atomic E-state index is 0. The lowest BCUT2D eigenvalue weighted by molar-refractivity contribution is 0.0999. The summed E-state index contributed by atoms with van der Waals surface area (Å²) in [5.74, 6) is -0.550. The van der Waals surface area contributed by atoms with E-state index in [2.05, 4.69) is 15.5 Å². The van der Waals surface area contributed by atoms with E-state index in [1.54, 1.807) is 0 Å². The highest BCUT2D eigenvalue weighted by molar-refractivity contribution is 7.13. The second-order valence-electron chi connectivity index (χ2n) is 4.04. The van der Waals surface area contributed by atoms with Crippen LogP contribution in [0, 0.1) is 0 Å². The van der Waals surface area contributed by atoms with Crippen molar-refractivity contribution in [1.82, 2.24) is 15.5 Å². The van der Waals surface area contributed by atoms with Crippen LogP contribution in [0.25, 0.3) is 0 Å². The summed E-state index contributed by atoms with van der Waals surface area (Å²) in [6.07, 6.45) is 0. The molecule has 5 nitrogen and oxygen atoms in total. The predicted octanol–water partition coefficient (Wildman–Crippen LogP) is 2.56. The standard InChI is InChI=1S/C12H13ClN4OS.ClH/c1-7(11-16-17-12(19-11)10(14)18)15-6-8-3-2-4-9(13)5-8;/h2-5,7,15H,6H2,1H3,(H2,14,18);1H. The van der Waals surface area contributed by atoms with Gasteiger partial charge >= 0.3 is 0 Å². The van der Waals surface area contributed by atoms with Gasteiger partial charge in [-0.1, -0.05) is 35.1 Å². The normalized spacial score (nSPS) is 11.7. The van der Waals surface area contributed by atoms with Crippen LogP contribution < -0.4 is 11.1 Å². The van der Waals surface area contributed by atoms with Crippen LogP contribution in [0.15, 0.2) is 24.3 Å². The maximum absolute atomic E-state index is 10.9. The smallest absolute Gasteiger partial charge is 0.279 e. The number of nitrogens with zero attached hydrogens (tertiary/aromatic N) is 2. The van der Waals surface area contributed by atoms with E-state index in [1.165, 1.54) is 11.3 Å². The van der Waals surface area contributed by atoms with Gasteiger partial charge in [-0.2, -0.15) is 0 Å². The van der Waals surface area contributed by atoms with Gasteiger partial charge in [0.1, 0.15) is 5.01 Å². The van der Waals surface area contributed by atoms with Gasteiger partial charge in [0.05, 0.1) is 6.04 Å². The highest BCUT2D eigenvalue weighted by Crippen LogP contribution is 2.18. The number of primary amides is 1. The number of amides is 1. The third-order valence-corrected chi connectivity index (χ3v) is 3.88. The Labute approximate surface area is 132 Å². The molecular formula is C12H14Cl2N4OS. The highest BCUT2D eigenvalue weighted by Gasteiger charge is 2.14. The third kappa shape index (κ3) is 4.42. The average molecular weight is 333 g/mol. The van der Waals surface area contributed by atoms with Crippen LogP contribution in [0.5, 0.6) is 0 Å². The van der Waals surface area contributed by atoms with Crippen molar-refractivity contribution in [2.45, 2.75) is 19.5 Å². The number of hydrogen-bond donors (Lipinski definition) is 2. The van der Waals surface area contributed by atoms with Gasteiger partial charge in [-0.05, 0) is 24.6 Å². The fraction of sp³-hybridized carbons (Fsp3) is 0.250. The van der Waals surface area contributed by atoms with Gasteiger partial charge in [-0.15, -0.1) is 22.6 Å². The van der Waals surface area contributed by atoms with E-state index in [0.29, 0.717) is 11.6 Å². The van der Waals surface area contributed by atoms with Gasteiger partial charge in [0.15, 0.2) is 0 Å². The first-order chi connectivity index (χ1) is 9.06. The molecule has 0 spiro atoms. The molecule has 1 unspecified atom stereocenters. The Hall–Kier alpha value is -1.21. The molecule has 0 aliphatic carbocycles. The van der Waals surface area contributed by atoms with Crippen LogP contribution in [0.3, 0.4) is 0 Å². The summed E-state index contributed by atoms with van der Waals surface area (Å²) in [4.78, 5) is 10.9. The maximum Gasteiger partial charge on any atom is 0.279 e. The summed E-state index contributed by atoms with van der Waals surface area (Å²) in [6.45, 7) is 2.61. The minimum Gasteiger partial charge on any atom is -0.363 e. The average Bonchev–Trinajstić information content (AvgIpc) is 2.86. The molecule has 0 aliphatic heterocycles. The molecule has 3 N–H and O–H groups in total. The van der Waals surface area contributed by atoms with Crippen molar-refractivity contribution in [1.29, 1.82) is 0 Å². The Morgan fingerprint density at radius 3 is 2.85 bits per heavy atom. The summed E-state index contributed by atoms with van der Waals surface area (Å²) in [5.41, 5.74) is 6.23. The molecule has 2 aromatic rings. The quantitative estimate of drug-likeness (QED) is 0.881. The molecule has 0 saturated carbocycles. The zero-order chi connectivity index (χ0) is 13.8. The Bertz CT molecular complexity index is 590.